The quantitative estimate of drug-likeness (QED) is 0.366. The van der Waals surface area contributed by atoms with E-state index in [9.17, 15) is 25.5 Å². The fourth-order valence-corrected chi connectivity index (χ4v) is 3.08. The van der Waals surface area contributed by atoms with Crippen LogP contribution in [0.1, 0.15) is 6.92 Å². The zero-order chi connectivity index (χ0) is 16.0. The van der Waals surface area contributed by atoms with Crippen LogP contribution in [0.25, 0.3) is 0 Å². The van der Waals surface area contributed by atoms with Crippen molar-refractivity contribution in [2.45, 2.75) is 62.2 Å². The number of aliphatic hydroxyl groups excluding tert-OH is 5. The lowest BCUT2D eigenvalue weighted by Crippen LogP contribution is -2.60. The summed E-state index contributed by atoms with van der Waals surface area (Å²) in [6.45, 7) is 1.43. The standard InChI is InChI=1S/C13H22O9/c1-4-5(2-14)20-13(9(17)7(4)15)22-11-6-3-19-12(21-6)10(18)8(11)16/h4-18H,2-3H2,1H3. The van der Waals surface area contributed by atoms with Crippen LogP contribution < -0.4 is 0 Å². The van der Waals surface area contributed by atoms with Gasteiger partial charge in [-0.15, -0.1) is 0 Å². The molecule has 3 heterocycles. The van der Waals surface area contributed by atoms with Gasteiger partial charge < -0.3 is 44.5 Å². The number of fused-ring (bicyclic) bond motifs is 2. The molecule has 2 bridgehead atoms. The van der Waals surface area contributed by atoms with E-state index in [4.69, 9.17) is 18.9 Å². The van der Waals surface area contributed by atoms with Crippen molar-refractivity contribution in [2.24, 2.45) is 5.92 Å². The molecule has 0 radical (unpaired) electrons. The SMILES string of the molecule is CC1C(CO)OC(OC2C3COC(O3)C(O)C2O)C(O)C1O. The van der Waals surface area contributed by atoms with Crippen molar-refractivity contribution in [3.63, 3.8) is 0 Å². The van der Waals surface area contributed by atoms with Gasteiger partial charge in [-0.05, 0) is 0 Å². The fraction of sp³-hybridized carbons (Fsp3) is 1.00. The average molecular weight is 322 g/mol. The molecule has 3 aliphatic rings. The van der Waals surface area contributed by atoms with Gasteiger partial charge in [-0.2, -0.15) is 0 Å². The summed E-state index contributed by atoms with van der Waals surface area (Å²) < 4.78 is 21.5. The minimum atomic E-state index is -1.35. The summed E-state index contributed by atoms with van der Waals surface area (Å²) in [6, 6.07) is 0. The van der Waals surface area contributed by atoms with E-state index in [0.29, 0.717) is 0 Å². The molecule has 22 heavy (non-hydrogen) atoms. The van der Waals surface area contributed by atoms with Gasteiger partial charge in [-0.1, -0.05) is 6.92 Å². The van der Waals surface area contributed by atoms with Gasteiger partial charge in [0.25, 0.3) is 0 Å². The summed E-state index contributed by atoms with van der Waals surface area (Å²) in [5.74, 6) is -0.475. The molecular formula is C13H22O9. The Kier molecular flexibility index (Phi) is 4.70. The molecule has 0 aromatic rings. The van der Waals surface area contributed by atoms with Crippen LogP contribution in [0.4, 0.5) is 0 Å². The van der Waals surface area contributed by atoms with Crippen LogP contribution in [0.15, 0.2) is 0 Å². The minimum absolute atomic E-state index is 0.134. The Labute approximate surface area is 127 Å². The van der Waals surface area contributed by atoms with Gasteiger partial charge in [0, 0.05) is 5.92 Å². The number of rotatable bonds is 3. The lowest BCUT2D eigenvalue weighted by atomic mass is 9.91. The molecule has 128 valence electrons. The van der Waals surface area contributed by atoms with E-state index in [0.717, 1.165) is 0 Å². The molecule has 10 unspecified atom stereocenters. The molecule has 0 spiro atoms. The summed E-state index contributed by atoms with van der Waals surface area (Å²) in [7, 11) is 0. The first kappa shape index (κ1) is 16.5. The van der Waals surface area contributed by atoms with E-state index < -0.39 is 61.2 Å². The monoisotopic (exact) mass is 322 g/mol. The predicted molar refractivity (Wildman–Crippen MR) is 68.4 cm³/mol. The highest BCUT2D eigenvalue weighted by Crippen LogP contribution is 2.33. The Morgan fingerprint density at radius 3 is 2.41 bits per heavy atom. The summed E-state index contributed by atoms with van der Waals surface area (Å²) in [4.78, 5) is 0. The Morgan fingerprint density at radius 2 is 1.73 bits per heavy atom. The second-order valence-electron chi connectivity index (χ2n) is 6.02. The molecular weight excluding hydrogens is 300 g/mol. The van der Waals surface area contributed by atoms with Crippen LogP contribution in [0.2, 0.25) is 0 Å². The highest BCUT2D eigenvalue weighted by atomic mass is 16.8. The summed E-state index contributed by atoms with van der Waals surface area (Å²) in [5, 5.41) is 49.3. The van der Waals surface area contributed by atoms with Crippen molar-refractivity contribution >= 4 is 0 Å². The summed E-state index contributed by atoms with van der Waals surface area (Å²) >= 11 is 0. The first-order chi connectivity index (χ1) is 10.4. The number of aliphatic hydroxyl groups is 5. The molecule has 3 aliphatic heterocycles. The molecule has 0 amide bonds. The van der Waals surface area contributed by atoms with E-state index >= 15 is 0 Å². The predicted octanol–water partition coefficient (Wildman–Crippen LogP) is -3.08. The van der Waals surface area contributed by atoms with Gasteiger partial charge in [0.1, 0.15) is 30.5 Å². The van der Waals surface area contributed by atoms with Crippen molar-refractivity contribution in [1.29, 1.82) is 0 Å². The number of hydrogen-bond donors (Lipinski definition) is 5. The lowest BCUT2D eigenvalue weighted by molar-refractivity contribution is -0.330. The molecule has 9 heteroatoms. The van der Waals surface area contributed by atoms with Crippen LogP contribution in [-0.4, -0.2) is 94.1 Å². The van der Waals surface area contributed by atoms with E-state index in [1.54, 1.807) is 6.92 Å². The van der Waals surface area contributed by atoms with E-state index in [1.165, 1.54) is 0 Å². The third-order valence-corrected chi connectivity index (χ3v) is 4.60. The molecule has 9 nitrogen and oxygen atoms in total. The fourth-order valence-electron chi connectivity index (χ4n) is 3.08. The van der Waals surface area contributed by atoms with Gasteiger partial charge in [-0.25, -0.2) is 0 Å². The first-order valence-corrected chi connectivity index (χ1v) is 7.35. The van der Waals surface area contributed by atoms with Crippen LogP contribution in [-0.2, 0) is 18.9 Å². The highest BCUT2D eigenvalue weighted by Gasteiger charge is 2.53. The summed E-state index contributed by atoms with van der Waals surface area (Å²) in [6.07, 6.45) is -9.48. The van der Waals surface area contributed by atoms with Gasteiger partial charge in [0.15, 0.2) is 12.6 Å². The molecule has 0 aliphatic carbocycles. The average Bonchev–Trinajstić information content (AvgIpc) is 2.96. The maximum absolute atomic E-state index is 10.1. The highest BCUT2D eigenvalue weighted by molar-refractivity contribution is 4.95. The molecule has 0 aromatic heterocycles. The van der Waals surface area contributed by atoms with Gasteiger partial charge >= 0.3 is 0 Å². The zero-order valence-electron chi connectivity index (χ0n) is 12.1. The first-order valence-electron chi connectivity index (χ1n) is 7.35. The molecule has 3 fully saturated rings. The number of hydrogen-bond acceptors (Lipinski definition) is 9. The van der Waals surface area contributed by atoms with Crippen molar-refractivity contribution in [3.05, 3.63) is 0 Å². The third kappa shape index (κ3) is 2.66. The van der Waals surface area contributed by atoms with Gasteiger partial charge in [0.2, 0.25) is 0 Å². The second-order valence-corrected chi connectivity index (χ2v) is 6.02. The molecule has 0 saturated carbocycles. The minimum Gasteiger partial charge on any atom is -0.394 e. The molecule has 3 saturated heterocycles. The van der Waals surface area contributed by atoms with Crippen LogP contribution in [0, 0.1) is 5.92 Å². The largest absolute Gasteiger partial charge is 0.394 e. The molecule has 0 aromatic carbocycles. The maximum Gasteiger partial charge on any atom is 0.187 e. The third-order valence-electron chi connectivity index (χ3n) is 4.60. The van der Waals surface area contributed by atoms with Crippen LogP contribution in [0.5, 0.6) is 0 Å². The molecule has 3 rings (SSSR count). The number of ether oxygens (including phenoxy) is 4. The van der Waals surface area contributed by atoms with E-state index in [2.05, 4.69) is 0 Å². The Morgan fingerprint density at radius 1 is 1.00 bits per heavy atom. The zero-order valence-corrected chi connectivity index (χ0v) is 12.1. The van der Waals surface area contributed by atoms with Crippen molar-refractivity contribution in [3.8, 4) is 0 Å². The van der Waals surface area contributed by atoms with E-state index in [1.807, 2.05) is 0 Å². The second kappa shape index (κ2) is 6.27. The topological polar surface area (TPSA) is 138 Å². The van der Waals surface area contributed by atoms with Crippen molar-refractivity contribution in [1.82, 2.24) is 0 Å². The van der Waals surface area contributed by atoms with Crippen LogP contribution in [0.3, 0.4) is 0 Å². The Balaban J connectivity index is 1.71. The molecule has 5 N–H and O–H groups in total. The maximum atomic E-state index is 10.1. The Hall–Kier alpha value is -0.360. The smallest absolute Gasteiger partial charge is 0.187 e. The van der Waals surface area contributed by atoms with Gasteiger partial charge in [0.05, 0.1) is 25.4 Å². The van der Waals surface area contributed by atoms with Gasteiger partial charge in [-0.3, -0.25) is 0 Å². The van der Waals surface area contributed by atoms with E-state index in [-0.39, 0.29) is 13.2 Å². The van der Waals surface area contributed by atoms with Crippen molar-refractivity contribution < 1.29 is 44.5 Å². The lowest BCUT2D eigenvalue weighted by Gasteiger charge is -2.44. The normalized spacial score (nSPS) is 55.4. The van der Waals surface area contributed by atoms with Crippen molar-refractivity contribution in [2.75, 3.05) is 13.2 Å². The summed E-state index contributed by atoms with van der Waals surface area (Å²) in [5.41, 5.74) is 0. The molecule has 10 atom stereocenters. The van der Waals surface area contributed by atoms with Crippen LogP contribution >= 0.6 is 0 Å². The Bertz CT molecular complexity index is 392.